The molecule has 0 saturated carbocycles. The average Bonchev–Trinajstić information content (AvgIpc) is 3.49. The number of nitrogens with one attached hydrogen (secondary N) is 2. The minimum absolute atomic E-state index is 0.0367. The first-order chi connectivity index (χ1) is 23.7. The zero-order chi connectivity index (χ0) is 37.6. The fraction of sp³-hybridized carbons (Fsp3) is 0.312. The van der Waals surface area contributed by atoms with Crippen LogP contribution in [0.4, 0.5) is 39.5 Å². The molecule has 0 radical (unpaired) electrons. The van der Waals surface area contributed by atoms with Crippen LogP contribution in [0.1, 0.15) is 28.8 Å². The van der Waals surface area contributed by atoms with E-state index in [0.29, 0.717) is 36.4 Å². The van der Waals surface area contributed by atoms with E-state index in [1.54, 1.807) is 0 Å². The third kappa shape index (κ3) is 6.94. The van der Waals surface area contributed by atoms with Gasteiger partial charge in [0.25, 0.3) is 11.2 Å². The lowest BCUT2D eigenvalue weighted by molar-refractivity contribution is -0.392. The Hall–Kier alpha value is -4.46. The van der Waals surface area contributed by atoms with Crippen molar-refractivity contribution < 1.29 is 57.8 Å². The maximum absolute atomic E-state index is 14.5. The first-order valence-corrected chi connectivity index (χ1v) is 16.3. The Balaban J connectivity index is 1.59. The van der Waals surface area contributed by atoms with Crippen molar-refractivity contribution in [2.24, 2.45) is 0 Å². The van der Waals surface area contributed by atoms with Gasteiger partial charge in [0.15, 0.2) is 9.84 Å². The molecule has 19 heteroatoms. The summed E-state index contributed by atoms with van der Waals surface area (Å²) in [6, 6.07) is 8.56. The number of aliphatic hydroxyl groups is 1. The average molecular weight is 752 g/mol. The fourth-order valence-corrected chi connectivity index (χ4v) is 8.15. The van der Waals surface area contributed by atoms with E-state index in [2.05, 4.69) is 9.72 Å². The van der Waals surface area contributed by atoms with Crippen molar-refractivity contribution in [2.75, 3.05) is 13.1 Å². The van der Waals surface area contributed by atoms with Crippen molar-refractivity contribution in [3.05, 3.63) is 133 Å². The molecular weight excluding hydrogens is 725 g/mol. The summed E-state index contributed by atoms with van der Waals surface area (Å²) in [7, 11) is -4.68. The Labute approximate surface area is 282 Å². The van der Waals surface area contributed by atoms with Crippen LogP contribution in [0.2, 0.25) is 0 Å². The second-order valence-corrected chi connectivity index (χ2v) is 14.0. The SMILES string of the molecule is O=c1cc(CC(O)N2CCC(c3ccc(C(OCc4c(F)cccc4F)(C(F)(F)F)C(F)(F)F)cc3)(S(=O)(=O)c3ccc(F)cc3)C2)[nH]c(=O)[nH]1. The van der Waals surface area contributed by atoms with E-state index in [1.165, 1.54) is 4.90 Å². The lowest BCUT2D eigenvalue weighted by atomic mass is 9.88. The van der Waals surface area contributed by atoms with Gasteiger partial charge in [0, 0.05) is 42.4 Å². The van der Waals surface area contributed by atoms with E-state index < -0.39 is 103 Å². The Kier molecular flexibility index (Phi) is 10.1. The number of halogens is 9. The number of hydrogen-bond donors (Lipinski definition) is 3. The summed E-state index contributed by atoms with van der Waals surface area (Å²) in [5.41, 5.74) is -9.99. The Morgan fingerprint density at radius 2 is 1.45 bits per heavy atom. The van der Waals surface area contributed by atoms with Crippen molar-refractivity contribution in [2.45, 2.75) is 53.3 Å². The molecule has 0 spiro atoms. The summed E-state index contributed by atoms with van der Waals surface area (Å²) < 4.78 is 160. The van der Waals surface area contributed by atoms with Crippen LogP contribution in [0.5, 0.6) is 0 Å². The summed E-state index contributed by atoms with van der Waals surface area (Å²) in [6.07, 6.45) is -14.9. The highest BCUT2D eigenvalue weighted by molar-refractivity contribution is 7.92. The van der Waals surface area contributed by atoms with E-state index in [0.717, 1.165) is 36.4 Å². The standard InChI is InChI=1S/C32H26F9N3O6S/c33-20-8-10-22(11-9-20)51(48,49)29(12-13-44(17-29)27(46)15-21-14-26(45)43-28(47)42-21)18-4-6-19(7-5-18)30(31(36,37)38,32(39,40)41)50-16-23-24(34)2-1-3-25(23)35/h1-11,14,27,46H,12-13,15-17H2,(H2,42,43,45,47). The molecule has 1 saturated heterocycles. The van der Waals surface area contributed by atoms with Gasteiger partial charge in [-0.1, -0.05) is 30.3 Å². The normalized spacial score (nSPS) is 18.2. The number of benzene rings is 3. The molecule has 0 amide bonds. The largest absolute Gasteiger partial charge is 0.430 e. The topological polar surface area (TPSA) is 133 Å². The number of alkyl halides is 6. The number of ether oxygens (including phenoxy) is 1. The van der Waals surface area contributed by atoms with E-state index in [4.69, 9.17) is 0 Å². The van der Waals surface area contributed by atoms with Crippen LogP contribution in [0.25, 0.3) is 0 Å². The van der Waals surface area contributed by atoms with Gasteiger partial charge in [-0.15, -0.1) is 0 Å². The smallest absolute Gasteiger partial charge is 0.378 e. The molecule has 3 aromatic carbocycles. The fourth-order valence-electron chi connectivity index (χ4n) is 6.06. The van der Waals surface area contributed by atoms with Crippen LogP contribution >= 0.6 is 0 Å². The van der Waals surface area contributed by atoms with Crippen LogP contribution in [0.15, 0.2) is 87.3 Å². The molecule has 4 aromatic rings. The van der Waals surface area contributed by atoms with Crippen molar-refractivity contribution in [1.82, 2.24) is 14.9 Å². The van der Waals surface area contributed by atoms with Crippen LogP contribution in [0.3, 0.4) is 0 Å². The second kappa shape index (κ2) is 13.6. The zero-order valence-corrected chi connectivity index (χ0v) is 26.6. The summed E-state index contributed by atoms with van der Waals surface area (Å²) in [6.45, 7) is -2.62. The minimum atomic E-state index is -6.26. The third-order valence-corrected chi connectivity index (χ3v) is 11.1. The molecule has 9 nitrogen and oxygen atoms in total. The molecule has 51 heavy (non-hydrogen) atoms. The van der Waals surface area contributed by atoms with Crippen molar-refractivity contribution in [3.63, 3.8) is 0 Å². The van der Waals surface area contributed by atoms with Crippen LogP contribution in [0, 0.1) is 17.5 Å². The highest BCUT2D eigenvalue weighted by Crippen LogP contribution is 2.54. The number of sulfone groups is 1. The summed E-state index contributed by atoms with van der Waals surface area (Å²) >= 11 is 0. The monoisotopic (exact) mass is 751 g/mol. The van der Waals surface area contributed by atoms with Gasteiger partial charge in [-0.2, -0.15) is 26.3 Å². The minimum Gasteiger partial charge on any atom is -0.378 e. The number of likely N-dealkylation sites (tertiary alicyclic amines) is 1. The molecule has 0 bridgehead atoms. The van der Waals surface area contributed by atoms with Gasteiger partial charge in [0.1, 0.15) is 28.4 Å². The molecule has 2 atom stereocenters. The van der Waals surface area contributed by atoms with E-state index in [-0.39, 0.29) is 24.2 Å². The third-order valence-electron chi connectivity index (χ3n) is 8.65. The van der Waals surface area contributed by atoms with Crippen molar-refractivity contribution >= 4 is 9.84 Å². The maximum atomic E-state index is 14.5. The lowest BCUT2D eigenvalue weighted by Crippen LogP contribution is -2.56. The van der Waals surface area contributed by atoms with Crippen LogP contribution in [-0.4, -0.2) is 60.1 Å². The molecule has 1 fully saturated rings. The zero-order valence-electron chi connectivity index (χ0n) is 25.8. The van der Waals surface area contributed by atoms with Gasteiger partial charge in [0.05, 0.1) is 11.5 Å². The van der Waals surface area contributed by atoms with E-state index in [9.17, 15) is 62.6 Å². The molecule has 0 aliphatic carbocycles. The highest BCUT2D eigenvalue weighted by atomic mass is 32.2. The quantitative estimate of drug-likeness (QED) is 0.154. The number of aliphatic hydroxyl groups excluding tert-OH is 1. The van der Waals surface area contributed by atoms with Gasteiger partial charge >= 0.3 is 18.0 Å². The van der Waals surface area contributed by atoms with Crippen LogP contribution < -0.4 is 11.2 Å². The molecule has 2 unspecified atom stereocenters. The van der Waals surface area contributed by atoms with Gasteiger partial charge in [-0.05, 0) is 48.4 Å². The molecule has 1 aliphatic rings. The van der Waals surface area contributed by atoms with Crippen LogP contribution in [-0.2, 0) is 37.9 Å². The van der Waals surface area contributed by atoms with Gasteiger partial charge < -0.3 is 14.8 Å². The number of nitrogens with zero attached hydrogens (tertiary/aromatic N) is 1. The summed E-state index contributed by atoms with van der Waals surface area (Å²) in [4.78, 5) is 28.4. The maximum Gasteiger partial charge on any atom is 0.430 e. The predicted molar refractivity (Wildman–Crippen MR) is 160 cm³/mol. The molecule has 3 N–H and O–H groups in total. The van der Waals surface area contributed by atoms with E-state index >= 15 is 0 Å². The first kappa shape index (κ1) is 37.8. The molecule has 1 aliphatic heterocycles. The number of aromatic nitrogens is 2. The lowest BCUT2D eigenvalue weighted by Gasteiger charge is -2.38. The molecule has 5 rings (SSSR count). The van der Waals surface area contributed by atoms with E-state index in [1.807, 2.05) is 4.98 Å². The number of hydrogen-bond acceptors (Lipinski definition) is 7. The first-order valence-electron chi connectivity index (χ1n) is 14.8. The van der Waals surface area contributed by atoms with Crippen molar-refractivity contribution in [3.8, 4) is 0 Å². The Bertz CT molecular complexity index is 2060. The Morgan fingerprint density at radius 3 is 2.00 bits per heavy atom. The molecule has 274 valence electrons. The van der Waals surface area contributed by atoms with Crippen molar-refractivity contribution in [1.29, 1.82) is 0 Å². The summed E-state index contributed by atoms with van der Waals surface area (Å²) in [5, 5.41) is 11.0. The highest BCUT2D eigenvalue weighted by Gasteiger charge is 2.73. The van der Waals surface area contributed by atoms with Gasteiger partial charge in [0.2, 0.25) is 0 Å². The number of rotatable bonds is 10. The molecule has 2 heterocycles. The second-order valence-electron chi connectivity index (χ2n) is 11.7. The summed E-state index contributed by atoms with van der Waals surface area (Å²) in [5.74, 6) is -3.74. The number of H-pyrrole nitrogens is 2. The Morgan fingerprint density at radius 1 is 0.863 bits per heavy atom. The molecule has 1 aromatic heterocycles. The number of aromatic amines is 2. The molecular formula is C32H26F9N3O6S. The van der Waals surface area contributed by atoms with Gasteiger partial charge in [-0.3, -0.25) is 14.7 Å². The predicted octanol–water partition coefficient (Wildman–Crippen LogP) is 4.95. The van der Waals surface area contributed by atoms with Gasteiger partial charge in [-0.25, -0.2) is 26.4 Å².